The van der Waals surface area contributed by atoms with Crippen molar-refractivity contribution in [2.75, 3.05) is 13.2 Å². The van der Waals surface area contributed by atoms with Crippen molar-refractivity contribution in [1.82, 2.24) is 20.6 Å². The van der Waals surface area contributed by atoms with E-state index in [-0.39, 0.29) is 30.5 Å². The average Bonchev–Trinajstić information content (AvgIpc) is 2.37. The van der Waals surface area contributed by atoms with E-state index < -0.39 is 0 Å². The van der Waals surface area contributed by atoms with Crippen LogP contribution in [0, 0.1) is 6.92 Å². The first kappa shape index (κ1) is 15.8. The van der Waals surface area contributed by atoms with Crippen LogP contribution in [0.2, 0.25) is 0 Å². The Morgan fingerprint density at radius 2 is 2.42 bits per heavy atom. The van der Waals surface area contributed by atoms with Crippen LogP contribution in [0.4, 0.5) is 0 Å². The van der Waals surface area contributed by atoms with Gasteiger partial charge >= 0.3 is 0 Å². The Hall–Kier alpha value is -1.24. The van der Waals surface area contributed by atoms with Crippen molar-refractivity contribution in [3.8, 4) is 0 Å². The third-order valence-electron chi connectivity index (χ3n) is 2.88. The molecule has 2 N–H and O–H groups in total. The minimum absolute atomic E-state index is 0. The van der Waals surface area contributed by atoms with Gasteiger partial charge in [-0.1, -0.05) is 0 Å². The zero-order chi connectivity index (χ0) is 13.0. The maximum atomic E-state index is 12.0. The van der Waals surface area contributed by atoms with Gasteiger partial charge in [-0.2, -0.15) is 0 Å². The summed E-state index contributed by atoms with van der Waals surface area (Å²) in [6, 6.07) is 1.50. The molecule has 6 nitrogen and oxygen atoms in total. The summed E-state index contributed by atoms with van der Waals surface area (Å²) in [5, 5.41) is 6.00. The van der Waals surface area contributed by atoms with Crippen LogP contribution in [0.5, 0.6) is 0 Å². The number of aromatic nitrogens is 2. The number of carbonyl (C=O) groups excluding carboxylic acids is 1. The van der Waals surface area contributed by atoms with Crippen molar-refractivity contribution in [2.24, 2.45) is 0 Å². The Labute approximate surface area is 118 Å². The highest BCUT2D eigenvalue weighted by atomic mass is 35.5. The Morgan fingerprint density at radius 1 is 1.63 bits per heavy atom. The van der Waals surface area contributed by atoms with Gasteiger partial charge in [0.2, 0.25) is 5.91 Å². The first-order chi connectivity index (χ1) is 8.66. The summed E-state index contributed by atoms with van der Waals surface area (Å²) in [6.45, 7) is 5.48. The minimum atomic E-state index is -0.290. The number of aryl methyl sites for hydroxylation is 1. The summed E-state index contributed by atoms with van der Waals surface area (Å²) >= 11 is 0. The second-order valence-electron chi connectivity index (χ2n) is 4.32. The molecule has 1 aromatic heterocycles. The van der Waals surface area contributed by atoms with E-state index in [2.05, 4.69) is 20.6 Å². The molecule has 1 aromatic rings. The smallest absolute Gasteiger partial charge is 0.240 e. The highest BCUT2D eigenvalue weighted by molar-refractivity contribution is 5.85. The number of nitrogens with zero attached hydrogens (tertiary/aromatic N) is 2. The van der Waals surface area contributed by atoms with Crippen molar-refractivity contribution in [3.63, 3.8) is 0 Å². The number of ether oxygens (including phenoxy) is 1. The molecular weight excluding hydrogens is 268 g/mol. The predicted molar refractivity (Wildman–Crippen MR) is 73.1 cm³/mol. The number of halogens is 1. The SMILES string of the molecule is Cc1nccc(CNC(=O)[C@H]2NCCO[C@@H]2C)n1.Cl. The molecule has 0 unspecified atom stereocenters. The van der Waals surface area contributed by atoms with Crippen LogP contribution in [0.25, 0.3) is 0 Å². The van der Waals surface area contributed by atoms with Gasteiger partial charge in [-0.3, -0.25) is 4.79 Å². The molecule has 0 radical (unpaired) electrons. The topological polar surface area (TPSA) is 76.1 Å². The lowest BCUT2D eigenvalue weighted by molar-refractivity contribution is -0.129. The molecule has 1 aliphatic heterocycles. The quantitative estimate of drug-likeness (QED) is 0.830. The first-order valence-corrected chi connectivity index (χ1v) is 6.08. The third-order valence-corrected chi connectivity index (χ3v) is 2.88. The largest absolute Gasteiger partial charge is 0.375 e. The summed E-state index contributed by atoms with van der Waals surface area (Å²) in [5.74, 6) is 0.646. The summed E-state index contributed by atoms with van der Waals surface area (Å²) in [4.78, 5) is 20.2. The highest BCUT2D eigenvalue weighted by Gasteiger charge is 2.27. The van der Waals surface area contributed by atoms with Crippen LogP contribution in [0.3, 0.4) is 0 Å². The third kappa shape index (κ3) is 4.41. The molecule has 1 aliphatic rings. The number of carbonyl (C=O) groups is 1. The molecule has 2 heterocycles. The van der Waals surface area contributed by atoms with E-state index in [9.17, 15) is 4.79 Å². The molecule has 0 saturated carbocycles. The maximum Gasteiger partial charge on any atom is 0.240 e. The van der Waals surface area contributed by atoms with Crippen LogP contribution in [0.1, 0.15) is 18.4 Å². The van der Waals surface area contributed by atoms with Crippen molar-refractivity contribution < 1.29 is 9.53 Å². The Morgan fingerprint density at radius 3 is 3.11 bits per heavy atom. The Balaban J connectivity index is 0.00000180. The van der Waals surface area contributed by atoms with E-state index in [0.29, 0.717) is 25.5 Å². The van der Waals surface area contributed by atoms with E-state index in [1.165, 1.54) is 0 Å². The van der Waals surface area contributed by atoms with Gasteiger partial charge in [0, 0.05) is 12.7 Å². The molecular formula is C12H19ClN4O2. The van der Waals surface area contributed by atoms with Crippen molar-refractivity contribution in [2.45, 2.75) is 32.5 Å². The van der Waals surface area contributed by atoms with E-state index in [4.69, 9.17) is 4.74 Å². The van der Waals surface area contributed by atoms with Gasteiger partial charge in [-0.15, -0.1) is 12.4 Å². The zero-order valence-corrected chi connectivity index (χ0v) is 11.9. The fourth-order valence-corrected chi connectivity index (χ4v) is 1.92. The van der Waals surface area contributed by atoms with Crippen molar-refractivity contribution in [3.05, 3.63) is 23.8 Å². The Bertz CT molecular complexity index is 430. The highest BCUT2D eigenvalue weighted by Crippen LogP contribution is 2.04. The average molecular weight is 287 g/mol. The first-order valence-electron chi connectivity index (χ1n) is 6.08. The van der Waals surface area contributed by atoms with Crippen molar-refractivity contribution in [1.29, 1.82) is 0 Å². The van der Waals surface area contributed by atoms with E-state index in [1.54, 1.807) is 12.3 Å². The standard InChI is InChI=1S/C12H18N4O2.ClH/c1-8-11(14-5-6-18-8)12(17)15-7-10-3-4-13-9(2)16-10;/h3-4,8,11,14H,5-7H2,1-2H3,(H,15,17);1H/t8-,11+;/m1./s1. The van der Waals surface area contributed by atoms with Crippen LogP contribution in [0.15, 0.2) is 12.3 Å². The molecule has 7 heteroatoms. The van der Waals surface area contributed by atoms with Crippen LogP contribution < -0.4 is 10.6 Å². The number of hydrogen-bond acceptors (Lipinski definition) is 5. The molecule has 0 aliphatic carbocycles. The summed E-state index contributed by atoms with van der Waals surface area (Å²) in [5.41, 5.74) is 0.806. The second kappa shape index (κ2) is 7.37. The van der Waals surface area contributed by atoms with Gasteiger partial charge in [0.1, 0.15) is 11.9 Å². The molecule has 0 spiro atoms. The van der Waals surface area contributed by atoms with Gasteiger partial charge in [-0.05, 0) is 19.9 Å². The minimum Gasteiger partial charge on any atom is -0.375 e. The van der Waals surface area contributed by atoms with Gasteiger partial charge in [0.05, 0.1) is 24.9 Å². The molecule has 2 atom stereocenters. The molecule has 106 valence electrons. The maximum absolute atomic E-state index is 12.0. The molecule has 1 amide bonds. The summed E-state index contributed by atoms with van der Waals surface area (Å²) in [6.07, 6.45) is 1.58. The molecule has 0 bridgehead atoms. The fraction of sp³-hybridized carbons (Fsp3) is 0.583. The monoisotopic (exact) mass is 286 g/mol. The van der Waals surface area contributed by atoms with Crippen LogP contribution >= 0.6 is 12.4 Å². The molecule has 19 heavy (non-hydrogen) atoms. The zero-order valence-electron chi connectivity index (χ0n) is 11.0. The lowest BCUT2D eigenvalue weighted by Crippen LogP contribution is -2.55. The van der Waals surface area contributed by atoms with Gasteiger partial charge in [-0.25, -0.2) is 9.97 Å². The predicted octanol–water partition coefficient (Wildman–Crippen LogP) is 0.200. The number of hydrogen-bond donors (Lipinski definition) is 2. The normalized spacial score (nSPS) is 22.4. The number of rotatable bonds is 3. The van der Waals surface area contributed by atoms with E-state index in [0.717, 1.165) is 5.69 Å². The number of nitrogens with one attached hydrogen (secondary N) is 2. The van der Waals surface area contributed by atoms with Gasteiger partial charge in [0.15, 0.2) is 0 Å². The Kier molecular flexibility index (Phi) is 6.14. The fourth-order valence-electron chi connectivity index (χ4n) is 1.92. The second-order valence-corrected chi connectivity index (χ2v) is 4.32. The summed E-state index contributed by atoms with van der Waals surface area (Å²) < 4.78 is 5.43. The molecule has 1 saturated heterocycles. The lowest BCUT2D eigenvalue weighted by atomic mass is 10.1. The van der Waals surface area contributed by atoms with Crippen LogP contribution in [-0.2, 0) is 16.1 Å². The number of morpholine rings is 1. The molecule has 1 fully saturated rings. The molecule has 2 rings (SSSR count). The molecule has 0 aromatic carbocycles. The van der Waals surface area contributed by atoms with Gasteiger partial charge < -0.3 is 15.4 Å². The summed E-state index contributed by atoms with van der Waals surface area (Å²) in [7, 11) is 0. The number of amides is 1. The van der Waals surface area contributed by atoms with Gasteiger partial charge in [0.25, 0.3) is 0 Å². The van der Waals surface area contributed by atoms with Crippen molar-refractivity contribution >= 4 is 18.3 Å². The van der Waals surface area contributed by atoms with E-state index in [1.807, 2.05) is 13.8 Å². The lowest BCUT2D eigenvalue weighted by Gasteiger charge is -2.29. The van der Waals surface area contributed by atoms with E-state index >= 15 is 0 Å². The van der Waals surface area contributed by atoms with Crippen LogP contribution in [-0.4, -0.2) is 41.2 Å².